The molecule has 0 amide bonds. The molecule has 15 heteroatoms. The van der Waals surface area contributed by atoms with Crippen molar-refractivity contribution in [1.29, 1.82) is 0 Å². The molecule has 0 radical (unpaired) electrons. The SMILES string of the molecule is CC1CCN(CC(=O)[C@H]2CC[C@H]3[C@@H]4CC[C@H]5C[C@](C)(O)CC[C@@H]5[C@H]4CC[C@]23C)C1.CN1CCN(CC(=O)[C@H]2CC[C@H]3[C@@H]4CC[C@H]5C[C@](C)(O)CC[C@@H]5[C@H]4CC[C@]23C)CC1.C[C@@]1(O)CC[C@H]2[C@@H](CC[C@@H]3[C@@H]2CC[C@]2(C)[C@@H](C(=O)CN4CCCCC4)CC[C@@H]32)C1.C[C@@]1(O)CC[C@H]2[C@@H](CC[C@@H]3[C@@H]2CC[C@]2(C)[C@@H](C(=O)CN4CCN(O)CC4)CC[C@@H]32)C1. The van der Waals surface area contributed by atoms with Crippen molar-refractivity contribution in [2.45, 2.75) is 342 Å². The largest absolute Gasteiger partial charge is 0.390 e. The number of hydrogen-bond donors (Lipinski definition) is 5. The lowest BCUT2D eigenvalue weighted by atomic mass is 9.49. The van der Waals surface area contributed by atoms with Crippen molar-refractivity contribution >= 4 is 23.1 Å². The highest BCUT2D eigenvalue weighted by molar-refractivity contribution is 5.86. The second-order valence-corrected chi connectivity index (χ2v) is 49.0. The molecule has 20 fully saturated rings. The third kappa shape index (κ3) is 17.8. The number of carbonyl (C=O) groups excluding carboxylic acids is 4. The summed E-state index contributed by atoms with van der Waals surface area (Å²) in [6, 6.07) is 0. The lowest BCUT2D eigenvalue weighted by Gasteiger charge is -2.57. The van der Waals surface area contributed by atoms with Crippen LogP contribution in [-0.4, -0.2) is 212 Å². The standard InChI is InChI=1S/C26H44N2O2.2C26H43NO2.C25H42N2O3/c1-25(30)10-8-19-18(16-25)4-5-21-20(19)9-11-26(2)22(21)6-7-23(26)24(29)17-28-14-12-27(3)13-15-28;1-17-10-13-27(15-17)16-24(28)23-7-6-22-21-5-4-18-14-25(2,29)11-8-19(18)20(21)9-12-26(22,23)3;1-25(29)12-10-19-18(16-25)6-7-21-20(19)11-13-26(2)22(21)8-9-23(26)24(28)17-27-14-4-3-5-15-27;1-24(29)9-7-18-17(15-24)3-4-20-19(18)8-10-25(2)21(20)5-6-22(25)23(28)16-26-11-13-27(30)14-12-26/h18-23,30H,4-17H2,1-3H3;17-23,29H,4-16H2,1-3H3;18-23,29H,3-17H2,1-2H3;17-22,29-30H,3-16H2,1-2H3/t18-,19-,20+,21+,22-,23+,25+,26-;17?,18-,19-,20+,21+,22-,23+,25+,26-;18-,19-,20+,21+,22-,23+,25+,26-;17-,18-,19+,20+,21-,22+,24+,25-/m0000/s1. The van der Waals surface area contributed by atoms with Crippen LogP contribution in [0.25, 0.3) is 0 Å². The van der Waals surface area contributed by atoms with Crippen LogP contribution in [0.4, 0.5) is 0 Å². The van der Waals surface area contributed by atoms with Crippen LogP contribution in [0.3, 0.4) is 0 Å². The molecule has 668 valence electrons. The van der Waals surface area contributed by atoms with E-state index in [-0.39, 0.29) is 27.6 Å². The summed E-state index contributed by atoms with van der Waals surface area (Å²) >= 11 is 0. The Kier molecular flexibility index (Phi) is 26.2. The molecule has 0 aromatic rings. The maximum atomic E-state index is 13.4. The van der Waals surface area contributed by atoms with Gasteiger partial charge in [-0.05, 0) is 451 Å². The second kappa shape index (κ2) is 35.0. The molecule has 16 saturated carbocycles. The summed E-state index contributed by atoms with van der Waals surface area (Å²) in [5, 5.41) is 53.3. The first kappa shape index (κ1) is 88.3. The predicted octanol–water partition coefficient (Wildman–Crippen LogP) is 17.4. The summed E-state index contributed by atoms with van der Waals surface area (Å²) in [6.07, 6.45) is 48.7. The number of hydrogen-bond acceptors (Lipinski definition) is 15. The Morgan fingerprint density at radius 2 is 0.551 bits per heavy atom. The Labute approximate surface area is 716 Å². The van der Waals surface area contributed by atoms with Crippen LogP contribution in [0.2, 0.25) is 0 Å². The molecule has 33 atom stereocenters. The number of ketones is 4. The number of rotatable bonds is 12. The molecule has 118 heavy (non-hydrogen) atoms. The number of Topliss-reactive ketones (excluding diaryl/α,β-unsaturated/α-hetero) is 4. The van der Waals surface area contributed by atoms with Crippen LogP contribution in [0, 0.1) is 170 Å². The normalized spacial score (nSPS) is 50.7. The number of likely N-dealkylation sites (tertiary alicyclic amines) is 2. The van der Waals surface area contributed by atoms with E-state index < -0.39 is 22.4 Å². The molecule has 4 saturated heterocycles. The van der Waals surface area contributed by atoms with Crippen LogP contribution in [0.1, 0.15) is 319 Å². The first-order valence-electron chi connectivity index (χ1n) is 51.2. The number of piperazine rings is 2. The zero-order valence-corrected chi connectivity index (χ0v) is 76.6. The first-order chi connectivity index (χ1) is 56.2. The molecule has 5 N–H and O–H groups in total. The Balaban J connectivity index is 0.000000113. The van der Waals surface area contributed by atoms with E-state index in [1.54, 1.807) is 0 Å². The summed E-state index contributed by atoms with van der Waals surface area (Å²) in [5.41, 5.74) is -0.736. The molecule has 1 unspecified atom stereocenters. The number of likely N-dealkylation sites (N-methyl/N-ethyl adjacent to an activating group) is 1. The lowest BCUT2D eigenvalue weighted by molar-refractivity contribution is -0.138. The molecule has 0 aromatic heterocycles. The molecule has 15 nitrogen and oxygen atoms in total. The molecule has 4 heterocycles. The molecule has 16 aliphatic carbocycles. The van der Waals surface area contributed by atoms with Crippen LogP contribution in [-0.2, 0) is 19.2 Å². The summed E-state index contributed by atoms with van der Waals surface area (Å²) in [7, 11) is 2.18. The number of nitrogens with zero attached hydrogens (tertiary/aromatic N) is 6. The van der Waals surface area contributed by atoms with Crippen LogP contribution < -0.4 is 0 Å². The highest BCUT2D eigenvalue weighted by Crippen LogP contribution is 2.70. The van der Waals surface area contributed by atoms with Gasteiger partial charge in [-0.3, -0.25) is 38.8 Å². The van der Waals surface area contributed by atoms with Gasteiger partial charge in [0.2, 0.25) is 0 Å². The van der Waals surface area contributed by atoms with Crippen molar-refractivity contribution in [3.05, 3.63) is 0 Å². The molecule has 0 spiro atoms. The van der Waals surface area contributed by atoms with Gasteiger partial charge < -0.3 is 30.5 Å². The zero-order valence-electron chi connectivity index (χ0n) is 76.6. The van der Waals surface area contributed by atoms with Gasteiger partial charge >= 0.3 is 0 Å². The van der Waals surface area contributed by atoms with E-state index >= 15 is 0 Å². The minimum atomic E-state index is -0.441. The molecule has 20 rings (SSSR count). The van der Waals surface area contributed by atoms with Gasteiger partial charge in [-0.15, -0.1) is 0 Å². The van der Waals surface area contributed by atoms with Crippen molar-refractivity contribution in [3.63, 3.8) is 0 Å². The second-order valence-electron chi connectivity index (χ2n) is 49.0. The molecule has 4 aliphatic heterocycles. The maximum Gasteiger partial charge on any atom is 0.150 e. The smallest absolute Gasteiger partial charge is 0.150 e. The minimum absolute atomic E-state index is 0.198. The van der Waals surface area contributed by atoms with E-state index in [1.807, 2.05) is 6.92 Å². The fourth-order valence-corrected chi connectivity index (χ4v) is 36.0. The zero-order chi connectivity index (χ0) is 82.8. The Morgan fingerprint density at radius 1 is 0.280 bits per heavy atom. The quantitative estimate of drug-likeness (QED) is 0.124. The molecular formula is C103H172N6O9. The predicted molar refractivity (Wildman–Crippen MR) is 469 cm³/mol. The van der Waals surface area contributed by atoms with E-state index in [1.165, 1.54) is 185 Å². The van der Waals surface area contributed by atoms with E-state index in [9.17, 15) is 44.8 Å². The number of carbonyl (C=O) groups is 4. The van der Waals surface area contributed by atoms with Crippen molar-refractivity contribution < 1.29 is 44.8 Å². The van der Waals surface area contributed by atoms with Crippen molar-refractivity contribution in [2.75, 3.05) is 112 Å². The maximum absolute atomic E-state index is 13.4. The first-order valence-corrected chi connectivity index (χ1v) is 51.2. The molecule has 0 aromatic carbocycles. The number of piperidine rings is 1. The van der Waals surface area contributed by atoms with E-state index in [4.69, 9.17) is 0 Å². The summed E-state index contributed by atoms with van der Waals surface area (Å²) < 4.78 is 0. The van der Waals surface area contributed by atoms with Gasteiger partial charge in [-0.2, -0.15) is 5.06 Å². The van der Waals surface area contributed by atoms with Gasteiger partial charge in [-0.25, -0.2) is 0 Å². The van der Waals surface area contributed by atoms with Gasteiger partial charge in [0, 0.05) is 82.6 Å². The third-order valence-corrected chi connectivity index (χ3v) is 41.9. The topological polar surface area (TPSA) is 189 Å². The van der Waals surface area contributed by atoms with Gasteiger partial charge in [-0.1, -0.05) is 41.0 Å². The highest BCUT2D eigenvalue weighted by Gasteiger charge is 2.65. The van der Waals surface area contributed by atoms with Gasteiger partial charge in [0.25, 0.3) is 0 Å². The average Bonchev–Trinajstić information content (AvgIpc) is 1.53. The summed E-state index contributed by atoms with van der Waals surface area (Å²) in [4.78, 5) is 65.4. The van der Waals surface area contributed by atoms with Gasteiger partial charge in [0.15, 0.2) is 0 Å². The van der Waals surface area contributed by atoms with Crippen LogP contribution in [0.15, 0.2) is 0 Å². The van der Waals surface area contributed by atoms with E-state index in [2.05, 4.69) is 86.9 Å². The van der Waals surface area contributed by atoms with E-state index in [0.29, 0.717) is 73.6 Å². The van der Waals surface area contributed by atoms with Gasteiger partial charge in [0.1, 0.15) is 23.1 Å². The number of aliphatic hydroxyl groups is 4. The highest BCUT2D eigenvalue weighted by atomic mass is 16.5. The van der Waals surface area contributed by atoms with E-state index in [0.717, 1.165) is 273 Å². The summed E-state index contributed by atoms with van der Waals surface area (Å²) in [6.45, 7) is 34.9. The molecular weight excluding hydrogens is 1470 g/mol. The molecule has 20 aliphatic rings. The molecule has 0 bridgehead atoms. The summed E-state index contributed by atoms with van der Waals surface area (Å²) in [5.74, 6) is 20.2. The van der Waals surface area contributed by atoms with Crippen LogP contribution in [0.5, 0.6) is 0 Å². The van der Waals surface area contributed by atoms with Crippen molar-refractivity contribution in [2.24, 2.45) is 170 Å². The Bertz CT molecular complexity index is 3260. The van der Waals surface area contributed by atoms with Gasteiger partial charge in [0.05, 0.1) is 48.6 Å². The third-order valence-electron chi connectivity index (χ3n) is 41.9. The fraction of sp³-hybridized carbons (Fsp3) is 0.961. The minimum Gasteiger partial charge on any atom is -0.390 e. The number of hydroxylamine groups is 2. The Morgan fingerprint density at radius 3 is 0.839 bits per heavy atom. The average molecular weight is 1640 g/mol. The Hall–Kier alpha value is -1.76. The van der Waals surface area contributed by atoms with Crippen molar-refractivity contribution in [1.82, 2.24) is 29.6 Å². The van der Waals surface area contributed by atoms with Crippen molar-refractivity contribution in [3.8, 4) is 0 Å². The van der Waals surface area contributed by atoms with Crippen LogP contribution >= 0.6 is 0 Å². The number of fused-ring (bicyclic) bond motifs is 20. The fourth-order valence-electron chi connectivity index (χ4n) is 36.0. The lowest BCUT2D eigenvalue weighted by Crippen LogP contribution is -2.52. The monoisotopic (exact) mass is 1640 g/mol.